The van der Waals surface area contributed by atoms with Crippen LogP contribution in [0.1, 0.15) is 148 Å². The van der Waals surface area contributed by atoms with Crippen molar-refractivity contribution in [3.05, 3.63) is 26.0 Å². The zero-order chi connectivity index (χ0) is 20.5. The van der Waals surface area contributed by atoms with Gasteiger partial charge in [-0.3, -0.25) is 0 Å². The Morgan fingerprint density at radius 2 is 1.00 bits per heavy atom. The molecule has 0 aliphatic rings. The van der Waals surface area contributed by atoms with Crippen LogP contribution in [0.15, 0.2) is 12.2 Å². The molecule has 166 valence electrons. The Morgan fingerprint density at radius 3 is 1.46 bits per heavy atom. The average molecular weight is 391 g/mol. The first-order valence-electron chi connectivity index (χ1n) is 13.1. The molecule has 0 aromatic rings. The Labute approximate surface area is 180 Å². The monoisotopic (exact) mass is 390 g/mol. The summed E-state index contributed by atoms with van der Waals surface area (Å²) >= 11 is 0. The zero-order valence-corrected chi connectivity index (χ0v) is 19.7. The third-order valence-corrected chi connectivity index (χ3v) is 6.13. The summed E-state index contributed by atoms with van der Waals surface area (Å²) in [5.41, 5.74) is 0. The molecule has 0 nitrogen and oxygen atoms in total. The average Bonchev–Trinajstić information content (AvgIpc) is 2.70. The molecule has 0 rings (SSSR count). The van der Waals surface area contributed by atoms with Crippen LogP contribution < -0.4 is 0 Å². The molecule has 28 heavy (non-hydrogen) atoms. The molecule has 0 heterocycles. The van der Waals surface area contributed by atoms with Gasteiger partial charge in [-0.1, -0.05) is 148 Å². The maximum absolute atomic E-state index is 3.92. The van der Waals surface area contributed by atoms with Gasteiger partial charge in [-0.05, 0) is 32.1 Å². The van der Waals surface area contributed by atoms with Crippen LogP contribution in [0.2, 0.25) is 0 Å². The summed E-state index contributed by atoms with van der Waals surface area (Å²) in [5.74, 6) is 1.01. The minimum absolute atomic E-state index is 0.941. The minimum Gasteiger partial charge on any atom is -0.0885 e. The first-order valence-corrected chi connectivity index (χ1v) is 13.1. The van der Waals surface area contributed by atoms with Crippen molar-refractivity contribution in [1.82, 2.24) is 0 Å². The van der Waals surface area contributed by atoms with Gasteiger partial charge in [0.05, 0.1) is 0 Å². The largest absolute Gasteiger partial charge is 0.0885 e. The first-order chi connectivity index (χ1) is 13.8. The van der Waals surface area contributed by atoms with Crippen LogP contribution >= 0.6 is 0 Å². The van der Waals surface area contributed by atoms with E-state index < -0.39 is 0 Å². The normalized spacial score (nSPS) is 12.8. The lowest BCUT2D eigenvalue weighted by molar-refractivity contribution is 0.377. The molecule has 0 aliphatic carbocycles. The molecular weight excluding hydrogens is 336 g/mol. The molecule has 0 fully saturated rings. The van der Waals surface area contributed by atoms with Crippen molar-refractivity contribution in [2.24, 2.45) is 5.92 Å². The van der Waals surface area contributed by atoms with Crippen LogP contribution in [0.4, 0.5) is 0 Å². The molecule has 1 unspecified atom stereocenters. The van der Waals surface area contributed by atoms with E-state index >= 15 is 0 Å². The predicted molar refractivity (Wildman–Crippen MR) is 131 cm³/mol. The number of hydrogen-bond acceptors (Lipinski definition) is 0. The van der Waals surface area contributed by atoms with Crippen LogP contribution in [0, 0.1) is 19.8 Å². The Balaban J connectivity index is 3.44. The van der Waals surface area contributed by atoms with Crippen LogP contribution in [0.25, 0.3) is 0 Å². The maximum atomic E-state index is 3.92. The molecule has 0 saturated heterocycles. The van der Waals surface area contributed by atoms with Gasteiger partial charge < -0.3 is 0 Å². The topological polar surface area (TPSA) is 0 Å². The maximum Gasteiger partial charge on any atom is -0.0351 e. The van der Waals surface area contributed by atoms with Gasteiger partial charge >= 0.3 is 0 Å². The van der Waals surface area contributed by atoms with Crippen molar-refractivity contribution in [3.63, 3.8) is 0 Å². The summed E-state index contributed by atoms with van der Waals surface area (Å²) in [4.78, 5) is 0. The quantitative estimate of drug-likeness (QED) is 0.120. The van der Waals surface area contributed by atoms with Gasteiger partial charge in [0, 0.05) is 0 Å². The van der Waals surface area contributed by atoms with Crippen molar-refractivity contribution in [1.29, 1.82) is 0 Å². The highest BCUT2D eigenvalue weighted by Gasteiger charge is 2.07. The predicted octanol–water partition coefficient (Wildman–Crippen LogP) is 10.4. The SMILES string of the molecule is [CH2]CC=CCCCCCCCC(CCC)CCCCCCCCCCCC[CH2]. The van der Waals surface area contributed by atoms with Crippen LogP contribution in [-0.2, 0) is 0 Å². The fraction of sp³-hybridized carbons (Fsp3) is 0.857. The third kappa shape index (κ3) is 22.0. The van der Waals surface area contributed by atoms with Gasteiger partial charge in [0.25, 0.3) is 0 Å². The van der Waals surface area contributed by atoms with E-state index in [1.807, 2.05) is 0 Å². The molecule has 0 N–H and O–H groups in total. The van der Waals surface area contributed by atoms with E-state index in [-0.39, 0.29) is 0 Å². The van der Waals surface area contributed by atoms with Gasteiger partial charge in [-0.25, -0.2) is 0 Å². The molecule has 0 bridgehead atoms. The molecule has 0 aliphatic heterocycles. The third-order valence-electron chi connectivity index (χ3n) is 6.13. The van der Waals surface area contributed by atoms with Gasteiger partial charge in [-0.15, -0.1) is 0 Å². The zero-order valence-electron chi connectivity index (χ0n) is 19.7. The summed E-state index contributed by atoms with van der Waals surface area (Å²) in [7, 11) is 0. The number of unbranched alkanes of at least 4 members (excludes halogenated alkanes) is 15. The smallest absolute Gasteiger partial charge is 0.0351 e. The number of rotatable bonds is 23. The lowest BCUT2D eigenvalue weighted by Crippen LogP contribution is -2.00. The molecule has 1 atom stereocenters. The minimum atomic E-state index is 0.941. The highest BCUT2D eigenvalue weighted by molar-refractivity contribution is 4.81. The van der Waals surface area contributed by atoms with E-state index in [1.54, 1.807) is 0 Å². The van der Waals surface area contributed by atoms with Gasteiger partial charge in [0.1, 0.15) is 0 Å². The number of allylic oxidation sites excluding steroid dienone is 2. The van der Waals surface area contributed by atoms with E-state index in [0.29, 0.717) is 0 Å². The Bertz CT molecular complexity index is 290. The van der Waals surface area contributed by atoms with Crippen LogP contribution in [0.3, 0.4) is 0 Å². The van der Waals surface area contributed by atoms with Crippen molar-refractivity contribution >= 4 is 0 Å². The van der Waals surface area contributed by atoms with Gasteiger partial charge in [0.15, 0.2) is 0 Å². The second-order valence-electron chi connectivity index (χ2n) is 8.94. The van der Waals surface area contributed by atoms with E-state index in [9.17, 15) is 0 Å². The Hall–Kier alpha value is -0.260. The molecule has 0 aromatic heterocycles. The van der Waals surface area contributed by atoms with E-state index in [2.05, 4.69) is 32.9 Å². The Morgan fingerprint density at radius 1 is 0.536 bits per heavy atom. The summed E-state index contributed by atoms with van der Waals surface area (Å²) < 4.78 is 0. The molecule has 0 spiro atoms. The summed E-state index contributed by atoms with van der Waals surface area (Å²) in [5, 5.41) is 0. The molecule has 0 heteroatoms. The van der Waals surface area contributed by atoms with E-state index in [1.165, 1.54) is 128 Å². The van der Waals surface area contributed by atoms with E-state index in [0.717, 1.165) is 18.8 Å². The second kappa shape index (κ2) is 24.8. The molecule has 0 saturated carbocycles. The summed E-state index contributed by atoms with van der Waals surface area (Å²) in [6.45, 7) is 10.1. The van der Waals surface area contributed by atoms with Crippen LogP contribution in [0.5, 0.6) is 0 Å². The fourth-order valence-corrected chi connectivity index (χ4v) is 4.33. The highest BCUT2D eigenvalue weighted by Crippen LogP contribution is 2.23. The number of hydrogen-bond donors (Lipinski definition) is 0. The summed E-state index contributed by atoms with van der Waals surface area (Å²) in [6.07, 6.45) is 35.2. The first kappa shape index (κ1) is 27.7. The summed E-state index contributed by atoms with van der Waals surface area (Å²) in [6, 6.07) is 0. The van der Waals surface area contributed by atoms with Crippen molar-refractivity contribution in [2.45, 2.75) is 148 Å². The van der Waals surface area contributed by atoms with Gasteiger partial charge in [-0.2, -0.15) is 0 Å². The lowest BCUT2D eigenvalue weighted by Gasteiger charge is -2.16. The highest BCUT2D eigenvalue weighted by atomic mass is 14.1. The fourth-order valence-electron chi connectivity index (χ4n) is 4.33. The van der Waals surface area contributed by atoms with E-state index in [4.69, 9.17) is 0 Å². The standard InChI is InChI=1S/C28H54/c1-4-7-9-11-13-15-16-18-20-22-24-27-28(25-6-3)26-23-21-19-17-14-12-10-8-5-2/h8,10,28H,1-2,4-7,9,11-27H2,3H3. The molecule has 2 radical (unpaired) electrons. The lowest BCUT2D eigenvalue weighted by atomic mass is 9.90. The van der Waals surface area contributed by atoms with Crippen molar-refractivity contribution < 1.29 is 0 Å². The second-order valence-corrected chi connectivity index (χ2v) is 8.94. The van der Waals surface area contributed by atoms with Crippen molar-refractivity contribution in [3.8, 4) is 0 Å². The van der Waals surface area contributed by atoms with Crippen LogP contribution in [-0.4, -0.2) is 0 Å². The Kier molecular flexibility index (Phi) is 24.5. The molecule has 0 amide bonds. The molecule has 0 aromatic carbocycles. The molecular formula is C28H54. The van der Waals surface area contributed by atoms with Crippen molar-refractivity contribution in [2.75, 3.05) is 0 Å². The van der Waals surface area contributed by atoms with Gasteiger partial charge in [0.2, 0.25) is 0 Å².